The summed E-state index contributed by atoms with van der Waals surface area (Å²) in [6.45, 7) is -1.03. The number of fused-ring (bicyclic) bond motifs is 2. The molecule has 1 saturated heterocycles. The number of alkyl halides is 2. The predicted molar refractivity (Wildman–Crippen MR) is 111 cm³/mol. The Morgan fingerprint density at radius 2 is 1.88 bits per heavy atom. The molecule has 1 saturated carbocycles. The summed E-state index contributed by atoms with van der Waals surface area (Å²) in [7, 11) is 1.74. The fourth-order valence-corrected chi connectivity index (χ4v) is 4.76. The minimum Gasteiger partial charge on any atom is -0.435 e. The van der Waals surface area contributed by atoms with Crippen molar-refractivity contribution in [2.75, 3.05) is 18.0 Å². The molecule has 0 unspecified atom stereocenters. The fourth-order valence-electron chi connectivity index (χ4n) is 4.76. The van der Waals surface area contributed by atoms with Crippen LogP contribution in [0.3, 0.4) is 0 Å². The van der Waals surface area contributed by atoms with Gasteiger partial charge >= 0.3 is 6.61 Å². The molecule has 0 spiro atoms. The monoisotopic (exact) mass is 455 g/mol. The van der Waals surface area contributed by atoms with E-state index in [1.807, 2.05) is 0 Å². The maximum atomic E-state index is 12.7. The number of hydrogen-bond donors (Lipinski definition) is 0. The smallest absolute Gasteiger partial charge is 0.387 e. The molecular weight excluding hydrogens is 436 g/mol. The average Bonchev–Trinajstić information content (AvgIpc) is 3.20. The van der Waals surface area contributed by atoms with Crippen LogP contribution in [0, 0.1) is 11.8 Å². The third-order valence-electron chi connectivity index (χ3n) is 6.41. The SMILES string of the molecule is Cn1cnc2ncn(Cc3nc([C@H]4[C@@H]5CN(c6ccc(OC(F)F)cc6)C[C@@H]54)no3)c(=O)c21. The number of ether oxygens (including phenoxy) is 1. The molecule has 2 aliphatic rings. The van der Waals surface area contributed by atoms with Crippen molar-refractivity contribution in [1.82, 2.24) is 29.2 Å². The number of piperidine rings is 1. The topological polar surface area (TPSA) is 104 Å². The molecule has 33 heavy (non-hydrogen) atoms. The largest absolute Gasteiger partial charge is 0.435 e. The summed E-state index contributed by atoms with van der Waals surface area (Å²) in [5, 5.41) is 4.15. The van der Waals surface area contributed by atoms with Crippen LogP contribution >= 0.6 is 0 Å². The summed E-state index contributed by atoms with van der Waals surface area (Å²) in [6, 6.07) is 6.67. The molecule has 10 nitrogen and oxygen atoms in total. The van der Waals surface area contributed by atoms with Crippen LogP contribution in [0.4, 0.5) is 14.5 Å². The first kappa shape index (κ1) is 19.8. The molecule has 0 N–H and O–H groups in total. The van der Waals surface area contributed by atoms with Gasteiger partial charge in [0.15, 0.2) is 17.0 Å². The van der Waals surface area contributed by atoms with Crippen LogP contribution in [0.5, 0.6) is 5.75 Å². The number of halogens is 2. The van der Waals surface area contributed by atoms with E-state index in [0.717, 1.165) is 18.8 Å². The van der Waals surface area contributed by atoms with E-state index in [1.165, 1.54) is 10.9 Å². The third-order valence-corrected chi connectivity index (χ3v) is 6.41. The van der Waals surface area contributed by atoms with E-state index in [9.17, 15) is 13.6 Å². The molecular formula is C21H19F2N7O3. The van der Waals surface area contributed by atoms with E-state index < -0.39 is 6.61 Å². The van der Waals surface area contributed by atoms with Gasteiger partial charge in [-0.2, -0.15) is 13.8 Å². The molecule has 6 rings (SSSR count). The van der Waals surface area contributed by atoms with Gasteiger partial charge in [0.05, 0.1) is 6.33 Å². The molecule has 4 aromatic rings. The van der Waals surface area contributed by atoms with Crippen LogP contribution < -0.4 is 15.2 Å². The third kappa shape index (κ3) is 3.41. The van der Waals surface area contributed by atoms with Gasteiger partial charge in [-0.3, -0.25) is 9.36 Å². The van der Waals surface area contributed by atoms with Gasteiger partial charge in [-0.1, -0.05) is 5.16 Å². The summed E-state index contributed by atoms with van der Waals surface area (Å²) in [4.78, 5) is 27.7. The Morgan fingerprint density at radius 1 is 1.15 bits per heavy atom. The molecule has 4 heterocycles. The number of anilines is 1. The van der Waals surface area contributed by atoms with Gasteiger partial charge in [-0.05, 0) is 36.1 Å². The summed E-state index contributed by atoms with van der Waals surface area (Å²) in [5.41, 5.74) is 1.57. The van der Waals surface area contributed by atoms with Crippen molar-refractivity contribution in [2.24, 2.45) is 18.9 Å². The van der Waals surface area contributed by atoms with Crippen LogP contribution in [0.2, 0.25) is 0 Å². The second-order valence-corrected chi connectivity index (χ2v) is 8.38. The van der Waals surface area contributed by atoms with Gasteiger partial charge < -0.3 is 18.7 Å². The van der Waals surface area contributed by atoms with Gasteiger partial charge in [0.25, 0.3) is 5.56 Å². The Kier molecular flexibility index (Phi) is 4.42. The van der Waals surface area contributed by atoms with Crippen LogP contribution in [0.1, 0.15) is 17.6 Å². The van der Waals surface area contributed by atoms with Gasteiger partial charge in [0.1, 0.15) is 18.6 Å². The van der Waals surface area contributed by atoms with E-state index in [4.69, 9.17) is 4.52 Å². The Bertz CT molecular complexity index is 1370. The first-order valence-electron chi connectivity index (χ1n) is 10.5. The van der Waals surface area contributed by atoms with Crippen molar-refractivity contribution in [3.8, 4) is 5.75 Å². The van der Waals surface area contributed by atoms with Crippen molar-refractivity contribution in [3.63, 3.8) is 0 Å². The molecule has 3 atom stereocenters. The lowest BCUT2D eigenvalue weighted by Crippen LogP contribution is -2.23. The number of hydrogen-bond acceptors (Lipinski definition) is 8. The summed E-state index contributed by atoms with van der Waals surface area (Å²) in [5.74, 6) is 2.18. The number of imidazole rings is 1. The number of rotatable bonds is 6. The summed E-state index contributed by atoms with van der Waals surface area (Å²) >= 11 is 0. The van der Waals surface area contributed by atoms with Crippen LogP contribution in [0.15, 0.2) is 46.2 Å². The Labute approximate surface area is 185 Å². The second-order valence-electron chi connectivity index (χ2n) is 8.38. The number of aromatic nitrogens is 6. The fraction of sp³-hybridized carbons (Fsp3) is 0.381. The first-order valence-corrected chi connectivity index (χ1v) is 10.5. The molecule has 170 valence electrons. The average molecular weight is 455 g/mol. The minimum absolute atomic E-state index is 0.140. The zero-order valence-electron chi connectivity index (χ0n) is 17.5. The lowest BCUT2D eigenvalue weighted by molar-refractivity contribution is -0.0498. The maximum Gasteiger partial charge on any atom is 0.387 e. The first-order chi connectivity index (χ1) is 16.0. The molecule has 12 heteroatoms. The Balaban J connectivity index is 1.11. The van der Waals surface area contributed by atoms with Gasteiger partial charge in [0.2, 0.25) is 5.89 Å². The highest BCUT2D eigenvalue weighted by molar-refractivity contribution is 5.68. The molecule has 3 aromatic heterocycles. The lowest BCUT2D eigenvalue weighted by atomic mass is 10.2. The van der Waals surface area contributed by atoms with Crippen molar-refractivity contribution in [3.05, 3.63) is 59.0 Å². The molecule has 0 bridgehead atoms. The van der Waals surface area contributed by atoms with E-state index >= 15 is 0 Å². The number of benzene rings is 1. The van der Waals surface area contributed by atoms with Crippen molar-refractivity contribution < 1.29 is 18.0 Å². The van der Waals surface area contributed by atoms with Crippen LogP contribution in [0.25, 0.3) is 11.2 Å². The zero-order chi connectivity index (χ0) is 22.7. The van der Waals surface area contributed by atoms with Crippen LogP contribution in [-0.4, -0.2) is 48.9 Å². The molecule has 0 radical (unpaired) electrons. The number of aryl methyl sites for hydroxylation is 1. The van der Waals surface area contributed by atoms with Crippen molar-refractivity contribution in [1.29, 1.82) is 0 Å². The van der Waals surface area contributed by atoms with Gasteiger partial charge in [-0.15, -0.1) is 0 Å². The molecule has 0 amide bonds. The standard InChI is InChI=1S/C21H19F2N7O3/c1-28-9-24-19-17(28)20(31)30(10-25-19)8-15-26-18(27-33-15)16-13-6-29(7-14(13)16)11-2-4-12(5-3-11)32-21(22)23/h2-5,9-10,13-14,16,21H,6-8H2,1H3/t13-,14+,16+. The highest BCUT2D eigenvalue weighted by Gasteiger charge is 2.58. The number of nitrogens with zero attached hydrogens (tertiary/aromatic N) is 7. The normalized spacial score (nSPS) is 21.7. The molecule has 1 aliphatic carbocycles. The van der Waals surface area contributed by atoms with Crippen LogP contribution in [-0.2, 0) is 13.6 Å². The second kappa shape index (κ2) is 7.36. The van der Waals surface area contributed by atoms with E-state index in [-0.39, 0.29) is 23.8 Å². The predicted octanol–water partition coefficient (Wildman–Crippen LogP) is 2.01. The summed E-state index contributed by atoms with van der Waals surface area (Å²) < 4.78 is 37.5. The summed E-state index contributed by atoms with van der Waals surface area (Å²) in [6.07, 6.45) is 2.98. The van der Waals surface area contributed by atoms with Gasteiger partial charge in [0, 0.05) is 31.7 Å². The minimum atomic E-state index is -2.83. The zero-order valence-corrected chi connectivity index (χ0v) is 17.5. The molecule has 2 fully saturated rings. The van der Waals surface area contributed by atoms with Crippen molar-refractivity contribution >= 4 is 16.9 Å². The van der Waals surface area contributed by atoms with E-state index in [1.54, 1.807) is 42.2 Å². The van der Waals surface area contributed by atoms with Crippen molar-refractivity contribution in [2.45, 2.75) is 19.1 Å². The van der Waals surface area contributed by atoms with E-state index in [2.05, 4.69) is 29.7 Å². The highest BCUT2D eigenvalue weighted by Crippen LogP contribution is 2.57. The highest BCUT2D eigenvalue weighted by atomic mass is 19.3. The van der Waals surface area contributed by atoms with E-state index in [0.29, 0.717) is 34.7 Å². The Morgan fingerprint density at radius 3 is 2.61 bits per heavy atom. The lowest BCUT2D eigenvalue weighted by Gasteiger charge is -2.21. The molecule has 1 aromatic carbocycles. The molecule has 1 aliphatic heterocycles. The Hall–Kier alpha value is -3.83. The maximum absolute atomic E-state index is 12.7. The van der Waals surface area contributed by atoms with Gasteiger partial charge in [-0.25, -0.2) is 9.97 Å². The quantitative estimate of drug-likeness (QED) is 0.435.